The molecule has 0 unspecified atom stereocenters. The fourth-order valence-corrected chi connectivity index (χ4v) is 2.43. The van der Waals surface area contributed by atoms with Gasteiger partial charge in [0.15, 0.2) is 11.5 Å². The average Bonchev–Trinajstić information content (AvgIpc) is 2.49. The molecule has 0 bridgehead atoms. The van der Waals surface area contributed by atoms with Crippen LogP contribution in [-0.2, 0) is 6.54 Å². The van der Waals surface area contributed by atoms with Gasteiger partial charge in [-0.05, 0) is 43.2 Å². The highest BCUT2D eigenvalue weighted by Gasteiger charge is 2.05. The van der Waals surface area contributed by atoms with Gasteiger partial charge < -0.3 is 14.8 Å². The fourth-order valence-electron chi connectivity index (χ4n) is 2.01. The number of benzene rings is 2. The van der Waals surface area contributed by atoms with Crippen LogP contribution in [0.15, 0.2) is 40.9 Å². The molecule has 0 heterocycles. The van der Waals surface area contributed by atoms with Gasteiger partial charge in [-0.25, -0.2) is 0 Å². The second-order valence-corrected chi connectivity index (χ2v) is 5.59. The Labute approximate surface area is 134 Å². The molecule has 0 aliphatic rings. The number of anilines is 1. The molecule has 0 spiro atoms. The van der Waals surface area contributed by atoms with E-state index in [0.29, 0.717) is 6.61 Å². The van der Waals surface area contributed by atoms with E-state index in [0.717, 1.165) is 28.2 Å². The minimum absolute atomic E-state index is 0.616. The molecule has 0 aromatic heterocycles. The third kappa shape index (κ3) is 4.14. The molecule has 0 fully saturated rings. The van der Waals surface area contributed by atoms with Gasteiger partial charge in [-0.3, -0.25) is 0 Å². The maximum atomic E-state index is 5.58. The first-order valence-electron chi connectivity index (χ1n) is 6.93. The van der Waals surface area contributed by atoms with Gasteiger partial charge in [0.25, 0.3) is 0 Å². The molecule has 21 heavy (non-hydrogen) atoms. The van der Waals surface area contributed by atoms with Gasteiger partial charge >= 0.3 is 0 Å². The summed E-state index contributed by atoms with van der Waals surface area (Å²) in [5.41, 5.74) is 3.47. The quantitative estimate of drug-likeness (QED) is 0.814. The lowest BCUT2D eigenvalue weighted by molar-refractivity contribution is 0.311. The zero-order valence-electron chi connectivity index (χ0n) is 12.6. The molecule has 112 valence electrons. The van der Waals surface area contributed by atoms with E-state index >= 15 is 0 Å². The molecule has 1 N–H and O–H groups in total. The summed E-state index contributed by atoms with van der Waals surface area (Å²) in [6, 6.07) is 12.2. The molecule has 4 heteroatoms. The Morgan fingerprint density at radius 2 is 1.90 bits per heavy atom. The second-order valence-electron chi connectivity index (χ2n) is 4.74. The van der Waals surface area contributed by atoms with Crippen molar-refractivity contribution in [1.82, 2.24) is 0 Å². The van der Waals surface area contributed by atoms with Gasteiger partial charge in [-0.1, -0.05) is 28.1 Å². The van der Waals surface area contributed by atoms with Gasteiger partial charge in [0.1, 0.15) is 0 Å². The summed E-state index contributed by atoms with van der Waals surface area (Å²) >= 11 is 3.56. The largest absolute Gasteiger partial charge is 0.493 e. The predicted octanol–water partition coefficient (Wildman–Crippen LogP) is 4.78. The van der Waals surface area contributed by atoms with Crippen LogP contribution in [-0.4, -0.2) is 13.7 Å². The Balaban J connectivity index is 2.08. The van der Waals surface area contributed by atoms with Crippen molar-refractivity contribution in [3.05, 3.63) is 52.0 Å². The van der Waals surface area contributed by atoms with Crippen molar-refractivity contribution in [2.45, 2.75) is 20.4 Å². The molecule has 2 rings (SSSR count). The summed E-state index contributed by atoms with van der Waals surface area (Å²) < 4.78 is 12.0. The Bertz CT molecular complexity index is 614. The highest BCUT2D eigenvalue weighted by Crippen LogP contribution is 2.30. The SMILES string of the molecule is CCOc1cc(NCc2ccc(C)c(Br)c2)ccc1OC. The van der Waals surface area contributed by atoms with Gasteiger partial charge in [0.05, 0.1) is 13.7 Å². The average molecular weight is 350 g/mol. The summed E-state index contributed by atoms with van der Waals surface area (Å²) in [5.74, 6) is 1.51. The van der Waals surface area contributed by atoms with Gasteiger partial charge in [0.2, 0.25) is 0 Å². The lowest BCUT2D eigenvalue weighted by atomic mass is 10.1. The van der Waals surface area contributed by atoms with Crippen LogP contribution in [0.4, 0.5) is 5.69 Å². The van der Waals surface area contributed by atoms with Crippen LogP contribution in [0.25, 0.3) is 0 Å². The van der Waals surface area contributed by atoms with Crippen molar-refractivity contribution in [2.24, 2.45) is 0 Å². The number of aryl methyl sites for hydroxylation is 1. The van der Waals surface area contributed by atoms with E-state index in [9.17, 15) is 0 Å². The van der Waals surface area contributed by atoms with E-state index in [-0.39, 0.29) is 0 Å². The second kappa shape index (κ2) is 7.36. The van der Waals surface area contributed by atoms with Crippen LogP contribution < -0.4 is 14.8 Å². The first-order chi connectivity index (χ1) is 10.1. The van der Waals surface area contributed by atoms with Crippen molar-refractivity contribution < 1.29 is 9.47 Å². The number of rotatable bonds is 6. The topological polar surface area (TPSA) is 30.5 Å². The van der Waals surface area contributed by atoms with E-state index in [1.807, 2.05) is 25.1 Å². The highest BCUT2D eigenvalue weighted by atomic mass is 79.9. The van der Waals surface area contributed by atoms with Crippen LogP contribution in [0, 0.1) is 6.92 Å². The minimum Gasteiger partial charge on any atom is -0.493 e. The zero-order valence-corrected chi connectivity index (χ0v) is 14.2. The fraction of sp³-hybridized carbons (Fsp3) is 0.294. The number of nitrogens with one attached hydrogen (secondary N) is 1. The molecule has 0 amide bonds. The van der Waals surface area contributed by atoms with E-state index in [1.165, 1.54) is 11.1 Å². The summed E-state index contributed by atoms with van der Waals surface area (Å²) in [6.07, 6.45) is 0. The standard InChI is InChI=1S/C17H20BrNO2/c1-4-21-17-10-14(7-8-16(17)20-3)19-11-13-6-5-12(2)15(18)9-13/h5-10,19H,4,11H2,1-3H3. The van der Waals surface area contributed by atoms with Crippen molar-refractivity contribution >= 4 is 21.6 Å². The monoisotopic (exact) mass is 349 g/mol. The molecule has 2 aromatic carbocycles. The van der Waals surface area contributed by atoms with Gasteiger partial charge in [0, 0.05) is 22.8 Å². The Morgan fingerprint density at radius 1 is 1.10 bits per heavy atom. The van der Waals surface area contributed by atoms with Crippen LogP contribution >= 0.6 is 15.9 Å². The molecule has 0 radical (unpaired) electrons. The van der Waals surface area contributed by atoms with Crippen molar-refractivity contribution in [3.63, 3.8) is 0 Å². The number of ether oxygens (including phenoxy) is 2. The number of hydrogen-bond acceptors (Lipinski definition) is 3. The summed E-state index contributed by atoms with van der Waals surface area (Å²) in [6.45, 7) is 5.42. The molecular weight excluding hydrogens is 330 g/mol. The minimum atomic E-state index is 0.616. The first kappa shape index (κ1) is 15.7. The third-order valence-corrected chi connectivity index (χ3v) is 4.05. The molecule has 0 saturated heterocycles. The molecule has 0 aliphatic carbocycles. The number of hydrogen-bond donors (Lipinski definition) is 1. The van der Waals surface area contributed by atoms with Crippen molar-refractivity contribution in [2.75, 3.05) is 19.0 Å². The van der Waals surface area contributed by atoms with E-state index < -0.39 is 0 Å². The van der Waals surface area contributed by atoms with Crippen LogP contribution in [0.3, 0.4) is 0 Å². The molecule has 0 saturated carbocycles. The Kier molecular flexibility index (Phi) is 5.51. The predicted molar refractivity (Wildman–Crippen MR) is 90.4 cm³/mol. The Morgan fingerprint density at radius 3 is 2.57 bits per heavy atom. The maximum absolute atomic E-state index is 5.58. The zero-order chi connectivity index (χ0) is 15.2. The third-order valence-electron chi connectivity index (χ3n) is 3.20. The van der Waals surface area contributed by atoms with Crippen LogP contribution in [0.2, 0.25) is 0 Å². The van der Waals surface area contributed by atoms with E-state index in [4.69, 9.17) is 9.47 Å². The maximum Gasteiger partial charge on any atom is 0.163 e. The molecule has 3 nitrogen and oxygen atoms in total. The van der Waals surface area contributed by atoms with Gasteiger partial charge in [-0.15, -0.1) is 0 Å². The lowest BCUT2D eigenvalue weighted by Crippen LogP contribution is -2.01. The van der Waals surface area contributed by atoms with Crippen LogP contribution in [0.5, 0.6) is 11.5 Å². The normalized spacial score (nSPS) is 10.3. The van der Waals surface area contributed by atoms with Crippen molar-refractivity contribution in [3.8, 4) is 11.5 Å². The number of halogens is 1. The molecule has 0 aliphatic heterocycles. The van der Waals surface area contributed by atoms with E-state index in [2.05, 4.69) is 46.4 Å². The lowest BCUT2D eigenvalue weighted by Gasteiger charge is -2.13. The number of methoxy groups -OCH3 is 1. The van der Waals surface area contributed by atoms with Crippen molar-refractivity contribution in [1.29, 1.82) is 0 Å². The summed E-state index contributed by atoms with van der Waals surface area (Å²) in [5, 5.41) is 3.40. The molecule has 0 atom stereocenters. The van der Waals surface area contributed by atoms with Gasteiger partial charge in [-0.2, -0.15) is 0 Å². The highest BCUT2D eigenvalue weighted by molar-refractivity contribution is 9.10. The summed E-state index contributed by atoms with van der Waals surface area (Å²) in [7, 11) is 1.65. The summed E-state index contributed by atoms with van der Waals surface area (Å²) in [4.78, 5) is 0. The molecule has 2 aromatic rings. The van der Waals surface area contributed by atoms with E-state index in [1.54, 1.807) is 7.11 Å². The first-order valence-corrected chi connectivity index (χ1v) is 7.73. The smallest absolute Gasteiger partial charge is 0.163 e. The van der Waals surface area contributed by atoms with Crippen LogP contribution in [0.1, 0.15) is 18.1 Å². The molecular formula is C17H20BrNO2. The Hall–Kier alpha value is -1.68.